The molecule has 1 heterocycles. The highest BCUT2D eigenvalue weighted by atomic mass is 16.5. The summed E-state index contributed by atoms with van der Waals surface area (Å²) in [7, 11) is 3.08. The van der Waals surface area contributed by atoms with E-state index in [1.54, 1.807) is 30.2 Å². The zero-order valence-corrected chi connectivity index (χ0v) is 15.2. The maximum Gasteiger partial charge on any atom is 0.255 e. The monoisotopic (exact) mass is 354 g/mol. The van der Waals surface area contributed by atoms with Crippen LogP contribution in [0.4, 0.5) is 11.4 Å². The lowest BCUT2D eigenvalue weighted by Crippen LogP contribution is -2.24. The summed E-state index contributed by atoms with van der Waals surface area (Å²) in [5, 5.41) is 2.88. The summed E-state index contributed by atoms with van der Waals surface area (Å²) in [6.07, 6.45) is 1.48. The van der Waals surface area contributed by atoms with Crippen molar-refractivity contribution in [3.8, 4) is 11.5 Å². The number of anilines is 2. The van der Waals surface area contributed by atoms with Gasteiger partial charge in [-0.2, -0.15) is 0 Å². The molecule has 1 aliphatic rings. The van der Waals surface area contributed by atoms with E-state index in [1.165, 1.54) is 7.11 Å². The van der Waals surface area contributed by atoms with Crippen LogP contribution in [0.5, 0.6) is 11.5 Å². The summed E-state index contributed by atoms with van der Waals surface area (Å²) in [6, 6.07) is 10.6. The van der Waals surface area contributed by atoms with E-state index < -0.39 is 0 Å². The molecule has 0 aliphatic carbocycles. The first-order chi connectivity index (χ1) is 12.5. The predicted molar refractivity (Wildman–Crippen MR) is 100 cm³/mol. The average molecular weight is 354 g/mol. The minimum Gasteiger partial charge on any atom is -0.493 e. The number of carbonyl (C=O) groups is 2. The number of carbonyl (C=O) groups excluding carboxylic acids is 2. The summed E-state index contributed by atoms with van der Waals surface area (Å²) < 4.78 is 10.4. The predicted octanol–water partition coefficient (Wildman–Crippen LogP) is 3.39. The van der Waals surface area contributed by atoms with Gasteiger partial charge < -0.3 is 19.7 Å². The van der Waals surface area contributed by atoms with E-state index in [4.69, 9.17) is 9.47 Å². The Kier molecular flexibility index (Phi) is 5.11. The fourth-order valence-corrected chi connectivity index (χ4v) is 3.12. The Hall–Kier alpha value is -3.02. The number of nitrogens with one attached hydrogen (secondary N) is 1. The number of ether oxygens (including phenoxy) is 2. The molecular formula is C20H22N2O4. The molecule has 1 N–H and O–H groups in total. The molecule has 2 amide bonds. The minimum absolute atomic E-state index is 0.148. The molecule has 0 radical (unpaired) electrons. The number of hydrogen-bond acceptors (Lipinski definition) is 4. The SMILES string of the molecule is COc1ccc(C(=O)Nc2ccc(N3CCCC3=O)c(C)c2)cc1OC. The quantitative estimate of drug-likeness (QED) is 0.894. The van der Waals surface area contributed by atoms with Gasteiger partial charge in [0.05, 0.1) is 14.2 Å². The first kappa shape index (κ1) is 17.8. The third kappa shape index (κ3) is 3.49. The molecule has 0 unspecified atom stereocenters. The lowest BCUT2D eigenvalue weighted by atomic mass is 10.1. The Morgan fingerprint density at radius 1 is 1.08 bits per heavy atom. The normalized spacial score (nSPS) is 13.7. The smallest absolute Gasteiger partial charge is 0.255 e. The molecule has 136 valence electrons. The van der Waals surface area contributed by atoms with Crippen molar-refractivity contribution in [2.45, 2.75) is 19.8 Å². The van der Waals surface area contributed by atoms with Crippen molar-refractivity contribution in [2.24, 2.45) is 0 Å². The fourth-order valence-electron chi connectivity index (χ4n) is 3.12. The Balaban J connectivity index is 1.77. The second-order valence-corrected chi connectivity index (χ2v) is 6.17. The lowest BCUT2D eigenvalue weighted by Gasteiger charge is -2.19. The number of methoxy groups -OCH3 is 2. The van der Waals surface area contributed by atoms with E-state index in [0.29, 0.717) is 29.2 Å². The summed E-state index contributed by atoms with van der Waals surface area (Å²) in [6.45, 7) is 2.68. The zero-order chi connectivity index (χ0) is 18.7. The Morgan fingerprint density at radius 2 is 1.85 bits per heavy atom. The van der Waals surface area contributed by atoms with Crippen LogP contribution in [0.3, 0.4) is 0 Å². The van der Waals surface area contributed by atoms with Crippen LogP contribution in [-0.2, 0) is 4.79 Å². The van der Waals surface area contributed by atoms with Crippen LogP contribution in [0.1, 0.15) is 28.8 Å². The van der Waals surface area contributed by atoms with Crippen LogP contribution in [0.15, 0.2) is 36.4 Å². The summed E-state index contributed by atoms with van der Waals surface area (Å²) in [5.74, 6) is 0.976. The Morgan fingerprint density at radius 3 is 2.46 bits per heavy atom. The molecular weight excluding hydrogens is 332 g/mol. The van der Waals surface area contributed by atoms with Gasteiger partial charge in [-0.05, 0) is 55.3 Å². The maximum atomic E-state index is 12.5. The van der Waals surface area contributed by atoms with E-state index in [2.05, 4.69) is 5.32 Å². The molecule has 2 aromatic rings. The van der Waals surface area contributed by atoms with Gasteiger partial charge >= 0.3 is 0 Å². The summed E-state index contributed by atoms with van der Waals surface area (Å²) in [4.78, 5) is 26.2. The van der Waals surface area contributed by atoms with Crippen molar-refractivity contribution in [1.29, 1.82) is 0 Å². The molecule has 0 bridgehead atoms. The second-order valence-electron chi connectivity index (χ2n) is 6.17. The van der Waals surface area contributed by atoms with Gasteiger partial charge in [0.15, 0.2) is 11.5 Å². The van der Waals surface area contributed by atoms with Crippen LogP contribution in [0.2, 0.25) is 0 Å². The summed E-state index contributed by atoms with van der Waals surface area (Å²) in [5.41, 5.74) is 3.00. The Labute approximate surface area is 152 Å². The molecule has 1 saturated heterocycles. The number of hydrogen-bond donors (Lipinski definition) is 1. The van der Waals surface area contributed by atoms with Crippen molar-refractivity contribution < 1.29 is 19.1 Å². The number of amides is 2. The van der Waals surface area contributed by atoms with Crippen molar-refractivity contribution in [3.63, 3.8) is 0 Å². The zero-order valence-electron chi connectivity index (χ0n) is 15.2. The molecule has 0 atom stereocenters. The molecule has 3 rings (SSSR count). The molecule has 1 fully saturated rings. The highest BCUT2D eigenvalue weighted by molar-refractivity contribution is 6.05. The molecule has 6 heteroatoms. The highest BCUT2D eigenvalue weighted by Crippen LogP contribution is 2.29. The number of nitrogens with zero attached hydrogens (tertiary/aromatic N) is 1. The van der Waals surface area contributed by atoms with Gasteiger partial charge in [-0.3, -0.25) is 9.59 Å². The van der Waals surface area contributed by atoms with E-state index in [1.807, 2.05) is 25.1 Å². The Bertz CT molecular complexity index is 848. The van der Waals surface area contributed by atoms with Crippen molar-refractivity contribution in [1.82, 2.24) is 0 Å². The van der Waals surface area contributed by atoms with E-state index >= 15 is 0 Å². The average Bonchev–Trinajstić information content (AvgIpc) is 3.07. The molecule has 2 aromatic carbocycles. The van der Waals surface area contributed by atoms with Crippen molar-refractivity contribution in [2.75, 3.05) is 31.0 Å². The van der Waals surface area contributed by atoms with E-state index in [9.17, 15) is 9.59 Å². The minimum atomic E-state index is -0.240. The molecule has 26 heavy (non-hydrogen) atoms. The van der Waals surface area contributed by atoms with Crippen LogP contribution in [-0.4, -0.2) is 32.6 Å². The number of aryl methyl sites for hydroxylation is 1. The number of benzene rings is 2. The van der Waals surface area contributed by atoms with Crippen LogP contribution >= 0.6 is 0 Å². The van der Waals surface area contributed by atoms with Crippen molar-refractivity contribution >= 4 is 23.2 Å². The topological polar surface area (TPSA) is 67.9 Å². The van der Waals surface area contributed by atoms with Crippen LogP contribution < -0.4 is 19.7 Å². The van der Waals surface area contributed by atoms with Gasteiger partial charge in [0, 0.05) is 29.9 Å². The van der Waals surface area contributed by atoms with Gasteiger partial charge in [-0.15, -0.1) is 0 Å². The van der Waals surface area contributed by atoms with Gasteiger partial charge in [0.2, 0.25) is 5.91 Å². The van der Waals surface area contributed by atoms with Crippen molar-refractivity contribution in [3.05, 3.63) is 47.5 Å². The van der Waals surface area contributed by atoms with E-state index in [0.717, 1.165) is 24.2 Å². The lowest BCUT2D eigenvalue weighted by molar-refractivity contribution is -0.117. The molecule has 0 saturated carbocycles. The molecule has 0 aromatic heterocycles. The largest absolute Gasteiger partial charge is 0.493 e. The van der Waals surface area contributed by atoms with Gasteiger partial charge in [-0.1, -0.05) is 0 Å². The first-order valence-electron chi connectivity index (χ1n) is 8.48. The third-order valence-electron chi connectivity index (χ3n) is 4.46. The van der Waals surface area contributed by atoms with Crippen LogP contribution in [0, 0.1) is 6.92 Å². The first-order valence-corrected chi connectivity index (χ1v) is 8.48. The van der Waals surface area contributed by atoms with Gasteiger partial charge in [0.1, 0.15) is 0 Å². The highest BCUT2D eigenvalue weighted by Gasteiger charge is 2.23. The van der Waals surface area contributed by atoms with Crippen LogP contribution in [0.25, 0.3) is 0 Å². The third-order valence-corrected chi connectivity index (χ3v) is 4.46. The number of rotatable bonds is 5. The van der Waals surface area contributed by atoms with Gasteiger partial charge in [0.25, 0.3) is 5.91 Å². The fraction of sp³-hybridized carbons (Fsp3) is 0.300. The molecule has 1 aliphatic heterocycles. The standard InChI is InChI=1S/C20H22N2O4/c1-13-11-15(7-8-16(13)22-10-4-5-19(22)23)21-20(24)14-6-9-17(25-2)18(12-14)26-3/h6-9,11-12H,4-5,10H2,1-3H3,(H,21,24). The molecule has 6 nitrogen and oxygen atoms in total. The maximum absolute atomic E-state index is 12.5. The molecule has 0 spiro atoms. The van der Waals surface area contributed by atoms with Gasteiger partial charge in [-0.25, -0.2) is 0 Å². The van der Waals surface area contributed by atoms with E-state index in [-0.39, 0.29) is 11.8 Å². The second kappa shape index (κ2) is 7.47. The summed E-state index contributed by atoms with van der Waals surface area (Å²) >= 11 is 0.